The second kappa shape index (κ2) is 5.44. The Morgan fingerprint density at radius 1 is 1.37 bits per heavy atom. The predicted octanol–water partition coefficient (Wildman–Crippen LogP) is 1.59. The average molecular weight is 281 g/mol. The molecule has 0 aromatic heterocycles. The molecule has 1 aromatic rings. The summed E-state index contributed by atoms with van der Waals surface area (Å²) in [6, 6.07) is 6.52. The van der Waals surface area contributed by atoms with Gasteiger partial charge in [0.15, 0.2) is 9.84 Å². The molecule has 1 atom stereocenters. The number of anilines is 1. The Morgan fingerprint density at radius 3 is 2.58 bits per heavy atom. The monoisotopic (exact) mass is 281 g/mol. The third-order valence-corrected chi connectivity index (χ3v) is 4.07. The lowest BCUT2D eigenvalue weighted by atomic mass is 10.2. The minimum Gasteiger partial charge on any atom is -0.462 e. The van der Waals surface area contributed by atoms with Crippen LogP contribution in [0.1, 0.15) is 17.3 Å². The normalized spacial score (nSPS) is 20.2. The van der Waals surface area contributed by atoms with Crippen molar-refractivity contribution in [2.24, 2.45) is 0 Å². The van der Waals surface area contributed by atoms with Crippen LogP contribution in [0.15, 0.2) is 35.7 Å². The van der Waals surface area contributed by atoms with Crippen LogP contribution >= 0.6 is 0 Å². The third-order valence-electron chi connectivity index (χ3n) is 2.68. The van der Waals surface area contributed by atoms with Gasteiger partial charge in [-0.05, 0) is 31.2 Å². The molecular formula is C13H15NO4S. The number of sulfone groups is 1. The van der Waals surface area contributed by atoms with E-state index in [0.717, 1.165) is 5.69 Å². The summed E-state index contributed by atoms with van der Waals surface area (Å²) in [6.07, 6.45) is 1.62. The minimum absolute atomic E-state index is 0.0621. The zero-order chi connectivity index (χ0) is 13.9. The van der Waals surface area contributed by atoms with Crippen LogP contribution in [-0.2, 0) is 14.6 Å². The lowest BCUT2D eigenvalue weighted by Gasteiger charge is -2.11. The van der Waals surface area contributed by atoms with Crippen molar-refractivity contribution in [2.75, 3.05) is 17.7 Å². The van der Waals surface area contributed by atoms with Gasteiger partial charge in [0.2, 0.25) is 0 Å². The smallest absolute Gasteiger partial charge is 0.338 e. The van der Waals surface area contributed by atoms with Gasteiger partial charge in [-0.3, -0.25) is 0 Å². The van der Waals surface area contributed by atoms with Crippen molar-refractivity contribution < 1.29 is 17.9 Å². The Bertz CT molecular complexity index is 590. The fraction of sp³-hybridized carbons (Fsp3) is 0.308. The molecule has 2 rings (SSSR count). The van der Waals surface area contributed by atoms with E-state index in [1.54, 1.807) is 37.3 Å². The highest BCUT2D eigenvalue weighted by atomic mass is 32.2. The molecule has 0 saturated heterocycles. The van der Waals surface area contributed by atoms with Gasteiger partial charge in [0, 0.05) is 11.1 Å². The first-order valence-corrected chi connectivity index (χ1v) is 7.66. The first-order chi connectivity index (χ1) is 9.00. The molecule has 0 fully saturated rings. The molecule has 5 nitrogen and oxygen atoms in total. The number of hydrogen-bond donors (Lipinski definition) is 1. The highest BCUT2D eigenvalue weighted by Gasteiger charge is 2.21. The molecule has 102 valence electrons. The lowest BCUT2D eigenvalue weighted by molar-refractivity contribution is 0.0526. The van der Waals surface area contributed by atoms with E-state index in [1.165, 1.54) is 5.41 Å². The van der Waals surface area contributed by atoms with E-state index >= 15 is 0 Å². The summed E-state index contributed by atoms with van der Waals surface area (Å²) in [5.74, 6) is -0.301. The highest BCUT2D eigenvalue weighted by Crippen LogP contribution is 2.16. The van der Waals surface area contributed by atoms with E-state index < -0.39 is 9.84 Å². The first kappa shape index (κ1) is 13.6. The Labute approximate surface area is 112 Å². The number of carbonyl (C=O) groups is 1. The molecule has 0 radical (unpaired) electrons. The van der Waals surface area contributed by atoms with Gasteiger partial charge >= 0.3 is 5.97 Å². The zero-order valence-electron chi connectivity index (χ0n) is 10.5. The molecule has 1 N–H and O–H groups in total. The Balaban J connectivity index is 2.00. The van der Waals surface area contributed by atoms with E-state index in [9.17, 15) is 13.2 Å². The Kier molecular flexibility index (Phi) is 3.90. The second-order valence-electron chi connectivity index (χ2n) is 4.21. The standard InChI is InChI=1S/C13H15NO4S/c1-2-18-13(15)10-3-5-11(6-4-10)14-12-7-8-19(16,17)9-12/h3-8,12,14H,2,9H2,1H3/t12-/m0/s1. The summed E-state index contributed by atoms with van der Waals surface area (Å²) >= 11 is 0. The molecule has 1 heterocycles. The first-order valence-electron chi connectivity index (χ1n) is 5.95. The second-order valence-corrected chi connectivity index (χ2v) is 6.14. The topological polar surface area (TPSA) is 72.5 Å². The van der Waals surface area contributed by atoms with Crippen molar-refractivity contribution in [1.29, 1.82) is 0 Å². The molecule has 0 amide bonds. The van der Waals surface area contributed by atoms with Gasteiger partial charge in [-0.1, -0.05) is 6.08 Å². The van der Waals surface area contributed by atoms with Crippen molar-refractivity contribution in [3.63, 3.8) is 0 Å². The quantitative estimate of drug-likeness (QED) is 0.848. The Hall–Kier alpha value is -1.82. The fourth-order valence-corrected chi connectivity index (χ4v) is 3.03. The van der Waals surface area contributed by atoms with Crippen LogP contribution < -0.4 is 5.32 Å². The van der Waals surface area contributed by atoms with E-state index in [2.05, 4.69) is 5.32 Å². The average Bonchev–Trinajstić information content (AvgIpc) is 2.70. The minimum atomic E-state index is -3.06. The number of esters is 1. The van der Waals surface area contributed by atoms with E-state index in [4.69, 9.17) is 4.74 Å². The van der Waals surface area contributed by atoms with Crippen LogP contribution in [0.4, 0.5) is 5.69 Å². The molecule has 0 unspecified atom stereocenters. The maximum Gasteiger partial charge on any atom is 0.338 e. The summed E-state index contributed by atoms with van der Waals surface area (Å²) in [4.78, 5) is 11.5. The van der Waals surface area contributed by atoms with Crippen LogP contribution in [0.2, 0.25) is 0 Å². The molecular weight excluding hydrogens is 266 g/mol. The predicted molar refractivity (Wildman–Crippen MR) is 72.7 cm³/mol. The fourth-order valence-electron chi connectivity index (χ4n) is 1.80. The maximum absolute atomic E-state index is 11.5. The van der Waals surface area contributed by atoms with Crippen molar-refractivity contribution in [2.45, 2.75) is 13.0 Å². The molecule has 1 aliphatic rings. The number of hydrogen-bond acceptors (Lipinski definition) is 5. The number of carbonyl (C=O) groups excluding carboxylic acids is 1. The SMILES string of the molecule is CCOC(=O)c1ccc(N[C@H]2C=CS(=O)(=O)C2)cc1. The number of benzene rings is 1. The van der Waals surface area contributed by atoms with Gasteiger partial charge in [-0.15, -0.1) is 0 Å². The van der Waals surface area contributed by atoms with Gasteiger partial charge in [-0.25, -0.2) is 13.2 Å². The molecule has 1 aromatic carbocycles. The molecule has 0 aliphatic carbocycles. The third kappa shape index (κ3) is 3.57. The van der Waals surface area contributed by atoms with Gasteiger partial charge < -0.3 is 10.1 Å². The van der Waals surface area contributed by atoms with E-state index in [0.29, 0.717) is 12.2 Å². The van der Waals surface area contributed by atoms with Crippen molar-refractivity contribution >= 4 is 21.5 Å². The molecule has 19 heavy (non-hydrogen) atoms. The summed E-state index contributed by atoms with van der Waals surface area (Å²) in [5, 5.41) is 4.30. The molecule has 6 heteroatoms. The Morgan fingerprint density at radius 2 is 2.05 bits per heavy atom. The summed E-state index contributed by atoms with van der Waals surface area (Å²) in [5.41, 5.74) is 1.24. The van der Waals surface area contributed by atoms with Crippen LogP contribution in [0.3, 0.4) is 0 Å². The van der Waals surface area contributed by atoms with Gasteiger partial charge in [0.05, 0.1) is 24.0 Å². The lowest BCUT2D eigenvalue weighted by Crippen LogP contribution is -2.20. The summed E-state index contributed by atoms with van der Waals surface area (Å²) < 4.78 is 27.4. The van der Waals surface area contributed by atoms with Gasteiger partial charge in [0.1, 0.15) is 0 Å². The number of nitrogens with one attached hydrogen (secondary N) is 1. The number of rotatable bonds is 4. The molecule has 0 saturated carbocycles. The highest BCUT2D eigenvalue weighted by molar-refractivity contribution is 7.94. The molecule has 1 aliphatic heterocycles. The van der Waals surface area contributed by atoms with Crippen LogP contribution in [0.25, 0.3) is 0 Å². The van der Waals surface area contributed by atoms with Crippen LogP contribution in [-0.4, -0.2) is 32.8 Å². The molecule has 0 spiro atoms. The van der Waals surface area contributed by atoms with Crippen LogP contribution in [0.5, 0.6) is 0 Å². The van der Waals surface area contributed by atoms with Crippen molar-refractivity contribution in [3.8, 4) is 0 Å². The van der Waals surface area contributed by atoms with E-state index in [-0.39, 0.29) is 17.8 Å². The van der Waals surface area contributed by atoms with Crippen LogP contribution in [0, 0.1) is 0 Å². The van der Waals surface area contributed by atoms with Crippen molar-refractivity contribution in [3.05, 3.63) is 41.3 Å². The summed E-state index contributed by atoms with van der Waals surface area (Å²) in [7, 11) is -3.06. The number of ether oxygens (including phenoxy) is 1. The maximum atomic E-state index is 11.5. The zero-order valence-corrected chi connectivity index (χ0v) is 11.3. The van der Waals surface area contributed by atoms with E-state index in [1.807, 2.05) is 0 Å². The largest absolute Gasteiger partial charge is 0.462 e. The van der Waals surface area contributed by atoms with Gasteiger partial charge in [-0.2, -0.15) is 0 Å². The molecule has 0 bridgehead atoms. The van der Waals surface area contributed by atoms with Gasteiger partial charge in [0.25, 0.3) is 0 Å². The summed E-state index contributed by atoms with van der Waals surface area (Å²) in [6.45, 7) is 2.09. The van der Waals surface area contributed by atoms with Crippen molar-refractivity contribution in [1.82, 2.24) is 0 Å².